The summed E-state index contributed by atoms with van der Waals surface area (Å²) in [6.07, 6.45) is 3.57. The van der Waals surface area contributed by atoms with Gasteiger partial charge < -0.3 is 10.3 Å². The molecule has 0 aliphatic carbocycles. The monoisotopic (exact) mass is 298 g/mol. The molecule has 0 bridgehead atoms. The fourth-order valence-electron chi connectivity index (χ4n) is 2.11. The molecular formula is C11H14N4O2S2. The zero-order valence-electron chi connectivity index (χ0n) is 10.2. The van der Waals surface area contributed by atoms with Crippen molar-refractivity contribution in [3.63, 3.8) is 0 Å². The highest BCUT2D eigenvalue weighted by atomic mass is 32.2. The Hall–Kier alpha value is -1.22. The Kier molecular flexibility index (Phi) is 3.17. The maximum absolute atomic E-state index is 12.5. The average Bonchev–Trinajstić information content (AvgIpc) is 3.06. The van der Waals surface area contributed by atoms with Crippen molar-refractivity contribution in [2.45, 2.75) is 24.5 Å². The molecular weight excluding hydrogens is 284 g/mol. The summed E-state index contributed by atoms with van der Waals surface area (Å²) >= 11 is 1.38. The maximum atomic E-state index is 12.5. The van der Waals surface area contributed by atoms with E-state index in [1.807, 2.05) is 10.8 Å². The van der Waals surface area contributed by atoms with Gasteiger partial charge in [0.15, 0.2) is 0 Å². The Morgan fingerprint density at radius 1 is 1.42 bits per heavy atom. The van der Waals surface area contributed by atoms with Crippen molar-refractivity contribution in [2.24, 2.45) is 5.73 Å². The van der Waals surface area contributed by atoms with Gasteiger partial charge in [-0.05, 0) is 6.07 Å². The van der Waals surface area contributed by atoms with Crippen molar-refractivity contribution >= 4 is 21.4 Å². The van der Waals surface area contributed by atoms with Crippen molar-refractivity contribution in [1.29, 1.82) is 0 Å². The highest BCUT2D eigenvalue weighted by Gasteiger charge is 2.29. The third-order valence-corrected chi connectivity index (χ3v) is 6.11. The number of thiophene rings is 1. The number of hydrogen-bond donors (Lipinski definition) is 1. The first-order valence-electron chi connectivity index (χ1n) is 5.89. The van der Waals surface area contributed by atoms with Crippen LogP contribution in [-0.2, 0) is 29.7 Å². The van der Waals surface area contributed by atoms with Crippen LogP contribution in [-0.4, -0.2) is 28.8 Å². The van der Waals surface area contributed by atoms with Crippen LogP contribution in [0, 0.1) is 0 Å². The van der Waals surface area contributed by atoms with Gasteiger partial charge in [0.25, 0.3) is 0 Å². The van der Waals surface area contributed by atoms with Gasteiger partial charge in [-0.2, -0.15) is 4.31 Å². The minimum absolute atomic E-state index is 0.323. The van der Waals surface area contributed by atoms with Crippen LogP contribution >= 0.6 is 11.3 Å². The molecule has 2 aromatic heterocycles. The number of imidazole rings is 1. The van der Waals surface area contributed by atoms with Crippen LogP contribution in [0.4, 0.5) is 0 Å². The molecule has 0 unspecified atom stereocenters. The lowest BCUT2D eigenvalue weighted by Crippen LogP contribution is -2.38. The molecule has 1 aliphatic heterocycles. The second kappa shape index (κ2) is 4.71. The van der Waals surface area contributed by atoms with E-state index in [0.717, 1.165) is 10.7 Å². The van der Waals surface area contributed by atoms with Crippen molar-refractivity contribution in [3.05, 3.63) is 34.5 Å². The van der Waals surface area contributed by atoms with Crippen molar-refractivity contribution in [2.75, 3.05) is 6.54 Å². The minimum Gasteiger partial charge on any atom is -0.333 e. The van der Waals surface area contributed by atoms with E-state index in [0.29, 0.717) is 31.1 Å². The summed E-state index contributed by atoms with van der Waals surface area (Å²) in [6.45, 7) is 1.80. The predicted molar refractivity (Wildman–Crippen MR) is 72.0 cm³/mol. The predicted octanol–water partition coefficient (Wildman–Crippen LogP) is 0.608. The zero-order valence-corrected chi connectivity index (χ0v) is 11.8. The van der Waals surface area contributed by atoms with Gasteiger partial charge in [-0.15, -0.1) is 11.3 Å². The van der Waals surface area contributed by atoms with E-state index >= 15 is 0 Å². The fourth-order valence-corrected chi connectivity index (χ4v) is 4.64. The first-order chi connectivity index (χ1) is 9.11. The Balaban J connectivity index is 1.89. The highest BCUT2D eigenvalue weighted by molar-refractivity contribution is 7.89. The van der Waals surface area contributed by atoms with Crippen LogP contribution < -0.4 is 5.73 Å². The summed E-state index contributed by atoms with van der Waals surface area (Å²) in [6, 6.07) is 1.65. The summed E-state index contributed by atoms with van der Waals surface area (Å²) in [7, 11) is -3.44. The molecule has 102 valence electrons. The standard InChI is InChI=1S/C11H14N4O2S2/c12-6-9-5-10(8-18-9)19(16,17)15-4-3-14-2-1-13-11(14)7-15/h1-2,5,8H,3-4,6-7,12H2. The molecule has 0 radical (unpaired) electrons. The third-order valence-electron chi connectivity index (χ3n) is 3.18. The van der Waals surface area contributed by atoms with E-state index in [1.165, 1.54) is 15.6 Å². The number of sulfonamides is 1. The van der Waals surface area contributed by atoms with E-state index in [4.69, 9.17) is 5.73 Å². The Morgan fingerprint density at radius 2 is 2.26 bits per heavy atom. The van der Waals surface area contributed by atoms with E-state index in [2.05, 4.69) is 4.98 Å². The number of rotatable bonds is 3. The second-order valence-corrected chi connectivity index (χ2v) is 7.26. The van der Waals surface area contributed by atoms with Gasteiger partial charge in [0, 0.05) is 42.3 Å². The highest BCUT2D eigenvalue weighted by Crippen LogP contribution is 2.25. The molecule has 0 aromatic carbocycles. The lowest BCUT2D eigenvalue weighted by Gasteiger charge is -2.26. The zero-order chi connectivity index (χ0) is 13.5. The lowest BCUT2D eigenvalue weighted by molar-refractivity contribution is 0.335. The second-order valence-electron chi connectivity index (χ2n) is 4.33. The van der Waals surface area contributed by atoms with Crippen LogP contribution in [0.2, 0.25) is 0 Å². The summed E-state index contributed by atoms with van der Waals surface area (Å²) in [5.41, 5.74) is 5.52. The molecule has 0 saturated carbocycles. The van der Waals surface area contributed by atoms with Gasteiger partial charge in [0.1, 0.15) is 5.82 Å². The van der Waals surface area contributed by atoms with Gasteiger partial charge >= 0.3 is 0 Å². The molecule has 0 saturated heterocycles. The van der Waals surface area contributed by atoms with Crippen molar-refractivity contribution in [3.8, 4) is 0 Å². The Bertz CT molecular complexity index is 689. The molecule has 0 atom stereocenters. The summed E-state index contributed by atoms with van der Waals surface area (Å²) in [5, 5.41) is 1.65. The average molecular weight is 298 g/mol. The largest absolute Gasteiger partial charge is 0.333 e. The first-order valence-corrected chi connectivity index (χ1v) is 8.21. The Morgan fingerprint density at radius 3 is 3.00 bits per heavy atom. The number of fused-ring (bicyclic) bond motifs is 1. The molecule has 8 heteroatoms. The molecule has 3 rings (SSSR count). The van der Waals surface area contributed by atoms with Crippen LogP contribution in [0.3, 0.4) is 0 Å². The fraction of sp³-hybridized carbons (Fsp3) is 0.364. The van der Waals surface area contributed by atoms with Crippen LogP contribution in [0.1, 0.15) is 10.7 Å². The van der Waals surface area contributed by atoms with E-state index < -0.39 is 10.0 Å². The van der Waals surface area contributed by atoms with Gasteiger partial charge in [-0.3, -0.25) is 0 Å². The molecule has 0 spiro atoms. The number of hydrogen-bond acceptors (Lipinski definition) is 5. The van der Waals surface area contributed by atoms with Gasteiger partial charge in [-0.1, -0.05) is 0 Å². The van der Waals surface area contributed by atoms with Crippen molar-refractivity contribution < 1.29 is 8.42 Å². The van der Waals surface area contributed by atoms with Gasteiger partial charge in [0.2, 0.25) is 10.0 Å². The van der Waals surface area contributed by atoms with E-state index in [1.54, 1.807) is 17.6 Å². The smallest absolute Gasteiger partial charge is 0.244 e. The summed E-state index contributed by atoms with van der Waals surface area (Å²) in [4.78, 5) is 5.38. The third kappa shape index (κ3) is 2.20. The van der Waals surface area contributed by atoms with Crippen LogP contribution in [0.25, 0.3) is 0 Å². The molecule has 0 amide bonds. The minimum atomic E-state index is -3.44. The van der Waals surface area contributed by atoms with Gasteiger partial charge in [0.05, 0.1) is 11.4 Å². The Labute approximate surface area is 115 Å². The molecule has 2 N–H and O–H groups in total. The van der Waals surface area contributed by atoms with Crippen LogP contribution in [0.15, 0.2) is 28.7 Å². The van der Waals surface area contributed by atoms with Gasteiger partial charge in [-0.25, -0.2) is 13.4 Å². The van der Waals surface area contributed by atoms with E-state index in [-0.39, 0.29) is 0 Å². The van der Waals surface area contributed by atoms with Crippen LogP contribution in [0.5, 0.6) is 0 Å². The number of nitrogens with two attached hydrogens (primary N) is 1. The molecule has 0 fully saturated rings. The summed E-state index contributed by atoms with van der Waals surface area (Å²) in [5.74, 6) is 0.782. The number of nitrogens with zero attached hydrogens (tertiary/aromatic N) is 3. The molecule has 1 aliphatic rings. The molecule has 2 aromatic rings. The normalized spacial score (nSPS) is 16.5. The molecule has 6 nitrogen and oxygen atoms in total. The lowest BCUT2D eigenvalue weighted by atomic mass is 10.4. The van der Waals surface area contributed by atoms with E-state index in [9.17, 15) is 8.42 Å². The molecule has 19 heavy (non-hydrogen) atoms. The quantitative estimate of drug-likeness (QED) is 0.900. The molecule has 3 heterocycles. The SMILES string of the molecule is NCc1cc(S(=O)(=O)N2CCn3ccnc3C2)cs1. The maximum Gasteiger partial charge on any atom is 0.244 e. The topological polar surface area (TPSA) is 81.2 Å². The summed E-state index contributed by atoms with van der Waals surface area (Å²) < 4.78 is 28.5. The first kappa shape index (κ1) is 12.8. The van der Waals surface area contributed by atoms with Crippen molar-refractivity contribution in [1.82, 2.24) is 13.9 Å². The number of aromatic nitrogens is 2.